The van der Waals surface area contributed by atoms with Crippen LogP contribution in [-0.2, 0) is 19.6 Å². The van der Waals surface area contributed by atoms with Crippen LogP contribution in [0.5, 0.6) is 5.75 Å². The first kappa shape index (κ1) is 19.3. The van der Waals surface area contributed by atoms with E-state index in [9.17, 15) is 15.0 Å². The predicted octanol–water partition coefficient (Wildman–Crippen LogP) is 3.68. The molecule has 148 valence electrons. The van der Waals surface area contributed by atoms with E-state index >= 15 is 0 Å². The highest BCUT2D eigenvalue weighted by molar-refractivity contribution is 7.14. The molecular formula is C22H20N2O4S. The van der Waals surface area contributed by atoms with E-state index in [0.29, 0.717) is 33.3 Å². The molecule has 0 unspecified atom stereocenters. The lowest BCUT2D eigenvalue weighted by Gasteiger charge is -2.12. The molecule has 0 aliphatic heterocycles. The number of fused-ring (bicyclic) bond motifs is 1. The fourth-order valence-electron chi connectivity index (χ4n) is 3.37. The van der Waals surface area contributed by atoms with Crippen molar-refractivity contribution in [2.45, 2.75) is 19.6 Å². The molecule has 3 aromatic rings. The Kier molecular flexibility index (Phi) is 5.44. The topological polar surface area (TPSA) is 91.7 Å². The van der Waals surface area contributed by atoms with Crippen LogP contribution in [0, 0.1) is 0 Å². The van der Waals surface area contributed by atoms with Gasteiger partial charge in [-0.2, -0.15) is 0 Å². The Morgan fingerprint density at radius 1 is 1.24 bits per heavy atom. The van der Waals surface area contributed by atoms with Crippen LogP contribution in [0.2, 0.25) is 0 Å². The van der Waals surface area contributed by atoms with Crippen LogP contribution < -0.4 is 10.1 Å². The molecule has 0 amide bonds. The lowest BCUT2D eigenvalue weighted by atomic mass is 10.00. The first-order valence-corrected chi connectivity index (χ1v) is 9.99. The van der Waals surface area contributed by atoms with Crippen molar-refractivity contribution in [3.63, 3.8) is 0 Å². The minimum atomic E-state index is -0.302. The Balaban J connectivity index is 1.58. The van der Waals surface area contributed by atoms with E-state index in [2.05, 4.69) is 34.6 Å². The molecule has 1 aromatic heterocycles. The number of ketones is 1. The second kappa shape index (κ2) is 8.16. The molecule has 2 aromatic carbocycles. The molecule has 7 heteroatoms. The van der Waals surface area contributed by atoms with Crippen molar-refractivity contribution < 1.29 is 19.7 Å². The average Bonchev–Trinajstić information content (AvgIpc) is 3.41. The monoisotopic (exact) mass is 408 g/mol. The van der Waals surface area contributed by atoms with Crippen molar-refractivity contribution in [1.82, 2.24) is 4.98 Å². The summed E-state index contributed by atoms with van der Waals surface area (Å²) < 4.78 is 5.27. The number of aliphatic hydroxyl groups excluding tert-OH is 2. The Morgan fingerprint density at radius 2 is 2.10 bits per heavy atom. The second-order valence-corrected chi connectivity index (χ2v) is 7.50. The zero-order valence-electron chi connectivity index (χ0n) is 15.8. The summed E-state index contributed by atoms with van der Waals surface area (Å²) in [5, 5.41) is 24.7. The van der Waals surface area contributed by atoms with E-state index in [-0.39, 0.29) is 19.0 Å². The maximum Gasteiger partial charge on any atom is 0.212 e. The number of anilines is 2. The first-order chi connectivity index (χ1) is 14.1. The zero-order chi connectivity index (χ0) is 20.4. The fourth-order valence-corrected chi connectivity index (χ4v) is 4.08. The van der Waals surface area contributed by atoms with E-state index in [1.54, 1.807) is 17.5 Å². The van der Waals surface area contributed by atoms with Gasteiger partial charge in [0.1, 0.15) is 11.4 Å². The van der Waals surface area contributed by atoms with Crippen molar-refractivity contribution in [1.29, 1.82) is 0 Å². The number of nitrogens with zero attached hydrogens (tertiary/aromatic N) is 1. The summed E-state index contributed by atoms with van der Waals surface area (Å²) in [6, 6.07) is 9.28. The summed E-state index contributed by atoms with van der Waals surface area (Å²) in [4.78, 5) is 17.3. The van der Waals surface area contributed by atoms with Crippen LogP contribution in [0.4, 0.5) is 10.8 Å². The van der Waals surface area contributed by atoms with Crippen LogP contribution in [0.1, 0.15) is 38.3 Å². The quantitative estimate of drug-likeness (QED) is 0.517. The van der Waals surface area contributed by atoms with Crippen LogP contribution >= 0.6 is 11.3 Å². The summed E-state index contributed by atoms with van der Waals surface area (Å²) in [6.07, 6.45) is 5.19. The van der Waals surface area contributed by atoms with Gasteiger partial charge in [-0.15, -0.1) is 11.3 Å². The van der Waals surface area contributed by atoms with Gasteiger partial charge in [-0.25, -0.2) is 4.98 Å². The number of ether oxygens (including phenoxy) is 1. The second-order valence-electron chi connectivity index (χ2n) is 6.64. The number of rotatable bonds is 7. The van der Waals surface area contributed by atoms with E-state index in [1.165, 1.54) is 29.6 Å². The van der Waals surface area contributed by atoms with Crippen molar-refractivity contribution >= 4 is 34.0 Å². The van der Waals surface area contributed by atoms with Crippen LogP contribution in [0.3, 0.4) is 0 Å². The third-order valence-electron chi connectivity index (χ3n) is 4.88. The number of hydrogen-bond donors (Lipinski definition) is 3. The summed E-state index contributed by atoms with van der Waals surface area (Å²) in [6.45, 7) is -0.585. The van der Waals surface area contributed by atoms with Gasteiger partial charge in [0, 0.05) is 22.2 Å². The molecule has 0 spiro atoms. The molecule has 6 nitrogen and oxygen atoms in total. The van der Waals surface area contributed by atoms with Gasteiger partial charge in [0.15, 0.2) is 5.13 Å². The summed E-state index contributed by atoms with van der Waals surface area (Å²) >= 11 is 1.35. The normalized spacial score (nSPS) is 12.1. The zero-order valence-corrected chi connectivity index (χ0v) is 16.6. The number of methoxy groups -OCH3 is 1. The molecule has 0 bridgehead atoms. The molecular weight excluding hydrogens is 388 g/mol. The highest BCUT2D eigenvalue weighted by Gasteiger charge is 2.18. The maximum absolute atomic E-state index is 12.9. The average molecular weight is 408 g/mol. The number of aromatic nitrogens is 1. The number of nitrogens with one attached hydrogen (secondary N) is 1. The van der Waals surface area contributed by atoms with Gasteiger partial charge >= 0.3 is 0 Å². The SMILES string of the molecule is COc1cc(C(=O)c2csc(Nc3ccc4c(c3)C=CC4)n2)cc(CO)c1CO. The van der Waals surface area contributed by atoms with E-state index in [0.717, 1.165) is 12.1 Å². The largest absolute Gasteiger partial charge is 0.496 e. The van der Waals surface area contributed by atoms with Crippen LogP contribution in [0.15, 0.2) is 41.8 Å². The number of thiazole rings is 1. The van der Waals surface area contributed by atoms with Crippen molar-refractivity contribution in [2.24, 2.45) is 0 Å². The number of benzene rings is 2. The third kappa shape index (κ3) is 3.80. The Bertz CT molecular complexity index is 1080. The highest BCUT2D eigenvalue weighted by Crippen LogP contribution is 2.29. The molecule has 0 saturated heterocycles. The summed E-state index contributed by atoms with van der Waals surface area (Å²) in [5.41, 5.74) is 4.98. The van der Waals surface area contributed by atoms with E-state index in [1.807, 2.05) is 6.07 Å². The van der Waals surface area contributed by atoms with Gasteiger partial charge < -0.3 is 20.3 Å². The molecule has 0 saturated carbocycles. The smallest absolute Gasteiger partial charge is 0.212 e. The number of hydrogen-bond acceptors (Lipinski definition) is 7. The molecule has 1 aliphatic carbocycles. The Hall–Kier alpha value is -3.00. The molecule has 4 rings (SSSR count). The predicted molar refractivity (Wildman–Crippen MR) is 113 cm³/mol. The number of carbonyl (C=O) groups excluding carboxylic acids is 1. The van der Waals surface area contributed by atoms with Gasteiger partial charge in [-0.05, 0) is 47.4 Å². The summed E-state index contributed by atoms with van der Waals surface area (Å²) in [7, 11) is 1.46. The van der Waals surface area contributed by atoms with Crippen molar-refractivity contribution in [3.8, 4) is 5.75 Å². The van der Waals surface area contributed by atoms with Crippen molar-refractivity contribution in [3.05, 3.63) is 75.3 Å². The van der Waals surface area contributed by atoms with Gasteiger partial charge in [-0.1, -0.05) is 18.2 Å². The minimum absolute atomic E-state index is 0.274. The lowest BCUT2D eigenvalue weighted by molar-refractivity contribution is 0.103. The fraction of sp³-hybridized carbons (Fsp3) is 0.182. The number of carbonyl (C=O) groups is 1. The van der Waals surface area contributed by atoms with Gasteiger partial charge in [-0.3, -0.25) is 4.79 Å². The van der Waals surface area contributed by atoms with Crippen molar-refractivity contribution in [2.75, 3.05) is 12.4 Å². The standard InChI is InChI=1S/C22H20N2O4S/c1-28-20-9-15(7-16(10-25)18(20)11-26)21(27)19-12-29-22(24-19)23-17-6-5-13-3-2-4-14(13)8-17/h2,4-9,12,25-26H,3,10-11H2,1H3,(H,23,24). The highest BCUT2D eigenvalue weighted by atomic mass is 32.1. The number of aliphatic hydroxyl groups is 2. The van der Waals surface area contributed by atoms with Gasteiger partial charge in [0.2, 0.25) is 5.78 Å². The molecule has 0 fully saturated rings. The van der Waals surface area contributed by atoms with E-state index < -0.39 is 0 Å². The van der Waals surface area contributed by atoms with Gasteiger partial charge in [0.25, 0.3) is 0 Å². The van der Waals surface area contributed by atoms with E-state index in [4.69, 9.17) is 4.74 Å². The minimum Gasteiger partial charge on any atom is -0.496 e. The van der Waals surface area contributed by atoms with Gasteiger partial charge in [0.05, 0.1) is 20.3 Å². The summed E-state index contributed by atoms with van der Waals surface area (Å²) in [5.74, 6) is 0.0888. The Morgan fingerprint density at radius 3 is 2.86 bits per heavy atom. The molecule has 1 heterocycles. The maximum atomic E-state index is 12.9. The number of allylic oxidation sites excluding steroid dienone is 1. The lowest BCUT2D eigenvalue weighted by Crippen LogP contribution is -2.07. The molecule has 0 atom stereocenters. The van der Waals surface area contributed by atoms with Crippen LogP contribution in [-0.4, -0.2) is 28.1 Å². The molecule has 1 aliphatic rings. The molecule has 0 radical (unpaired) electrons. The Labute approximate surface area is 172 Å². The van der Waals surface area contributed by atoms with Crippen LogP contribution in [0.25, 0.3) is 6.08 Å². The first-order valence-electron chi connectivity index (χ1n) is 9.11. The molecule has 3 N–H and O–H groups in total. The third-order valence-corrected chi connectivity index (χ3v) is 5.64. The molecule has 29 heavy (non-hydrogen) atoms.